The van der Waals surface area contributed by atoms with Crippen molar-refractivity contribution < 1.29 is 4.42 Å². The summed E-state index contributed by atoms with van der Waals surface area (Å²) < 4.78 is 5.73. The molecule has 0 spiro atoms. The summed E-state index contributed by atoms with van der Waals surface area (Å²) in [5.41, 5.74) is 0. The Morgan fingerprint density at radius 3 is 3.00 bits per heavy atom. The molecule has 4 heterocycles. The summed E-state index contributed by atoms with van der Waals surface area (Å²) >= 11 is 1.78. The fourth-order valence-electron chi connectivity index (χ4n) is 3.99. The number of hydrogen-bond acceptors (Lipinski definition) is 5. The topological polar surface area (TPSA) is 32.5 Å². The third kappa shape index (κ3) is 2.98. The first-order valence-corrected chi connectivity index (χ1v) is 9.06. The normalized spacial score (nSPS) is 26.4. The monoisotopic (exact) mass is 317 g/mol. The maximum absolute atomic E-state index is 5.73. The Bertz CT molecular complexity index is 609. The zero-order valence-corrected chi connectivity index (χ0v) is 13.9. The van der Waals surface area contributed by atoms with Gasteiger partial charge in [0.25, 0.3) is 0 Å². The quantitative estimate of drug-likeness (QED) is 0.867. The molecule has 2 aromatic rings. The second-order valence-electron chi connectivity index (χ2n) is 6.55. The van der Waals surface area contributed by atoms with E-state index < -0.39 is 0 Å². The zero-order valence-electron chi connectivity index (χ0n) is 13.1. The van der Waals surface area contributed by atoms with Crippen molar-refractivity contribution in [3.05, 3.63) is 40.2 Å². The van der Waals surface area contributed by atoms with Gasteiger partial charge in [-0.15, -0.1) is 11.3 Å². The van der Waals surface area contributed by atoms with E-state index in [0.29, 0.717) is 0 Å². The number of rotatable bonds is 4. The minimum absolute atomic E-state index is 0.749. The lowest BCUT2D eigenvalue weighted by Gasteiger charge is -2.37. The van der Waals surface area contributed by atoms with Gasteiger partial charge in [-0.25, -0.2) is 4.98 Å². The molecule has 0 bridgehead atoms. The molecular formula is C17H23N3OS. The highest BCUT2D eigenvalue weighted by atomic mass is 32.1. The lowest BCUT2D eigenvalue weighted by Crippen LogP contribution is -2.45. The molecule has 22 heavy (non-hydrogen) atoms. The predicted molar refractivity (Wildman–Crippen MR) is 87.8 cm³/mol. The molecule has 2 atom stereocenters. The van der Waals surface area contributed by atoms with Crippen LogP contribution in [0.4, 0.5) is 0 Å². The number of aromatic nitrogens is 1. The largest absolute Gasteiger partial charge is 0.465 e. The number of nitrogens with zero attached hydrogens (tertiary/aromatic N) is 3. The third-order valence-corrected chi connectivity index (χ3v) is 5.80. The van der Waals surface area contributed by atoms with Gasteiger partial charge in [0.15, 0.2) is 0 Å². The SMILES string of the molecule is Cc1ccc(CN2CC[C@@H]3[C@H](CCN3Cc3nccs3)C2)o1. The van der Waals surface area contributed by atoms with Crippen molar-refractivity contribution in [3.8, 4) is 0 Å². The molecule has 0 N–H and O–H groups in total. The molecule has 118 valence electrons. The lowest BCUT2D eigenvalue weighted by molar-refractivity contribution is 0.0981. The Morgan fingerprint density at radius 1 is 1.27 bits per heavy atom. The fourth-order valence-corrected chi connectivity index (χ4v) is 4.63. The van der Waals surface area contributed by atoms with Gasteiger partial charge < -0.3 is 4.42 Å². The summed E-state index contributed by atoms with van der Waals surface area (Å²) in [6, 6.07) is 4.93. The number of fused-ring (bicyclic) bond motifs is 1. The summed E-state index contributed by atoms with van der Waals surface area (Å²) in [5, 5.41) is 3.34. The van der Waals surface area contributed by atoms with E-state index in [2.05, 4.69) is 32.3 Å². The molecule has 4 nitrogen and oxygen atoms in total. The summed E-state index contributed by atoms with van der Waals surface area (Å²) in [4.78, 5) is 9.66. The van der Waals surface area contributed by atoms with Gasteiger partial charge >= 0.3 is 0 Å². The first-order chi connectivity index (χ1) is 10.8. The highest BCUT2D eigenvalue weighted by Gasteiger charge is 2.38. The van der Waals surface area contributed by atoms with E-state index >= 15 is 0 Å². The van der Waals surface area contributed by atoms with Crippen LogP contribution in [0.3, 0.4) is 0 Å². The molecule has 0 saturated carbocycles. The van der Waals surface area contributed by atoms with Gasteiger partial charge in [-0.05, 0) is 44.4 Å². The molecule has 2 saturated heterocycles. The van der Waals surface area contributed by atoms with Gasteiger partial charge in [-0.3, -0.25) is 9.80 Å². The van der Waals surface area contributed by atoms with E-state index in [9.17, 15) is 0 Å². The maximum atomic E-state index is 5.73. The Hall–Kier alpha value is -1.17. The van der Waals surface area contributed by atoms with Gasteiger partial charge in [-0.2, -0.15) is 0 Å². The molecule has 0 aromatic carbocycles. The minimum Gasteiger partial charge on any atom is -0.465 e. The second kappa shape index (κ2) is 6.14. The van der Waals surface area contributed by atoms with Crippen molar-refractivity contribution in [2.45, 2.75) is 38.9 Å². The van der Waals surface area contributed by atoms with Crippen molar-refractivity contribution in [2.24, 2.45) is 5.92 Å². The van der Waals surface area contributed by atoms with Crippen molar-refractivity contribution in [2.75, 3.05) is 19.6 Å². The third-order valence-electron chi connectivity index (χ3n) is 5.03. The maximum Gasteiger partial charge on any atom is 0.118 e. The van der Waals surface area contributed by atoms with Crippen LogP contribution >= 0.6 is 11.3 Å². The average molecular weight is 317 g/mol. The number of hydrogen-bond donors (Lipinski definition) is 0. The van der Waals surface area contributed by atoms with Gasteiger partial charge in [0.05, 0.1) is 13.1 Å². The van der Waals surface area contributed by atoms with Gasteiger partial charge in [0, 0.05) is 30.7 Å². The average Bonchev–Trinajstić information content (AvgIpc) is 3.23. The molecule has 0 aliphatic carbocycles. The van der Waals surface area contributed by atoms with Gasteiger partial charge in [0.1, 0.15) is 16.5 Å². The molecule has 0 radical (unpaired) electrons. The zero-order chi connectivity index (χ0) is 14.9. The van der Waals surface area contributed by atoms with Crippen LogP contribution in [0, 0.1) is 12.8 Å². The Labute approximate surface area is 135 Å². The van der Waals surface area contributed by atoms with Crippen LogP contribution in [0.2, 0.25) is 0 Å². The number of piperidine rings is 1. The number of aryl methyl sites for hydroxylation is 1. The van der Waals surface area contributed by atoms with Crippen molar-refractivity contribution in [3.63, 3.8) is 0 Å². The summed E-state index contributed by atoms with van der Waals surface area (Å²) in [6.07, 6.45) is 4.51. The van der Waals surface area contributed by atoms with E-state index in [1.54, 1.807) is 11.3 Å². The van der Waals surface area contributed by atoms with E-state index in [4.69, 9.17) is 4.42 Å². The van der Waals surface area contributed by atoms with Crippen LogP contribution in [-0.4, -0.2) is 40.5 Å². The van der Waals surface area contributed by atoms with Gasteiger partial charge in [0.2, 0.25) is 0 Å². The first kappa shape index (κ1) is 14.4. The summed E-state index contributed by atoms with van der Waals surface area (Å²) in [5.74, 6) is 2.93. The summed E-state index contributed by atoms with van der Waals surface area (Å²) in [7, 11) is 0. The second-order valence-corrected chi connectivity index (χ2v) is 7.53. The van der Waals surface area contributed by atoms with E-state index in [0.717, 1.165) is 36.6 Å². The fraction of sp³-hybridized carbons (Fsp3) is 0.588. The van der Waals surface area contributed by atoms with Crippen molar-refractivity contribution >= 4 is 11.3 Å². The Morgan fingerprint density at radius 2 is 2.23 bits per heavy atom. The lowest BCUT2D eigenvalue weighted by atomic mass is 9.93. The smallest absolute Gasteiger partial charge is 0.118 e. The summed E-state index contributed by atoms with van der Waals surface area (Å²) in [6.45, 7) is 7.62. The number of likely N-dealkylation sites (tertiary alicyclic amines) is 2. The van der Waals surface area contributed by atoms with E-state index in [-0.39, 0.29) is 0 Å². The first-order valence-electron chi connectivity index (χ1n) is 8.18. The van der Waals surface area contributed by atoms with Crippen LogP contribution < -0.4 is 0 Å². The molecule has 2 aromatic heterocycles. The highest BCUT2D eigenvalue weighted by Crippen LogP contribution is 2.33. The van der Waals surface area contributed by atoms with Crippen molar-refractivity contribution in [1.29, 1.82) is 0 Å². The molecule has 0 amide bonds. The van der Waals surface area contributed by atoms with E-state index in [1.165, 1.54) is 37.5 Å². The molecule has 2 aliphatic heterocycles. The molecule has 2 fully saturated rings. The predicted octanol–water partition coefficient (Wildman–Crippen LogP) is 3.14. The van der Waals surface area contributed by atoms with Crippen LogP contribution in [0.5, 0.6) is 0 Å². The van der Waals surface area contributed by atoms with E-state index in [1.807, 2.05) is 13.1 Å². The molecule has 4 rings (SSSR count). The number of thiazole rings is 1. The van der Waals surface area contributed by atoms with Crippen LogP contribution in [0.25, 0.3) is 0 Å². The van der Waals surface area contributed by atoms with Crippen LogP contribution in [0.1, 0.15) is 29.4 Å². The highest BCUT2D eigenvalue weighted by molar-refractivity contribution is 7.09. The Balaban J connectivity index is 1.35. The van der Waals surface area contributed by atoms with Crippen molar-refractivity contribution in [1.82, 2.24) is 14.8 Å². The number of furan rings is 1. The van der Waals surface area contributed by atoms with Gasteiger partial charge in [-0.1, -0.05) is 0 Å². The molecule has 0 unspecified atom stereocenters. The van der Waals surface area contributed by atoms with Crippen LogP contribution in [-0.2, 0) is 13.1 Å². The van der Waals surface area contributed by atoms with Crippen LogP contribution in [0.15, 0.2) is 28.1 Å². The Kier molecular flexibility index (Phi) is 4.03. The standard InChI is InChI=1S/C17H23N3OS/c1-13-2-3-15(21-13)11-19-7-5-16-14(10-19)4-8-20(16)12-17-18-6-9-22-17/h2-3,6,9,14,16H,4-5,7-8,10-12H2,1H3/t14-,16-/m1/s1. The molecule has 2 aliphatic rings. The molecular weight excluding hydrogens is 294 g/mol. The minimum atomic E-state index is 0.749. The molecule has 5 heteroatoms.